The number of rotatable bonds is 3. The van der Waals surface area contributed by atoms with Crippen LogP contribution in [0.25, 0.3) is 0 Å². The van der Waals surface area contributed by atoms with Crippen molar-refractivity contribution in [3.8, 4) is 0 Å². The Kier molecular flexibility index (Phi) is 5.02. The van der Waals surface area contributed by atoms with Crippen LogP contribution in [0, 0.1) is 0 Å². The summed E-state index contributed by atoms with van der Waals surface area (Å²) >= 11 is 12.5. The van der Waals surface area contributed by atoms with Crippen molar-refractivity contribution in [2.75, 3.05) is 0 Å². The molecule has 0 aliphatic rings. The summed E-state index contributed by atoms with van der Waals surface area (Å²) in [5, 5.41) is 3.46. The topological polar surface area (TPSA) is 29.1 Å². The van der Waals surface area contributed by atoms with Crippen LogP contribution in [0.4, 0.5) is 0 Å². The molecule has 98 valence electrons. The summed E-state index contributed by atoms with van der Waals surface area (Å²) in [6.07, 6.45) is 0. The lowest BCUT2D eigenvalue weighted by atomic mass is 10.2. The van der Waals surface area contributed by atoms with Crippen molar-refractivity contribution >= 4 is 49.4 Å². The Bertz CT molecular complexity index is 599. The van der Waals surface area contributed by atoms with Gasteiger partial charge in [0.05, 0.1) is 5.56 Å². The zero-order chi connectivity index (χ0) is 13.8. The van der Waals surface area contributed by atoms with E-state index in [0.717, 1.165) is 10.0 Å². The van der Waals surface area contributed by atoms with E-state index >= 15 is 0 Å². The van der Waals surface area contributed by atoms with E-state index in [1.165, 1.54) is 0 Å². The molecule has 0 unspecified atom stereocenters. The quantitative estimate of drug-likeness (QED) is 0.784. The maximum atomic E-state index is 12.0. The van der Waals surface area contributed by atoms with Crippen molar-refractivity contribution < 1.29 is 4.79 Å². The third-order valence-electron chi connectivity index (χ3n) is 2.54. The molecular formula is C14H10Br2ClNO. The van der Waals surface area contributed by atoms with Crippen molar-refractivity contribution in [3.63, 3.8) is 0 Å². The van der Waals surface area contributed by atoms with Gasteiger partial charge in [-0.1, -0.05) is 39.7 Å². The fourth-order valence-corrected chi connectivity index (χ4v) is 2.68. The summed E-state index contributed by atoms with van der Waals surface area (Å²) < 4.78 is 1.70. The minimum atomic E-state index is -0.133. The van der Waals surface area contributed by atoms with Crippen LogP contribution in [-0.4, -0.2) is 5.91 Å². The average molecular weight is 404 g/mol. The van der Waals surface area contributed by atoms with E-state index in [-0.39, 0.29) is 5.91 Å². The first-order valence-electron chi connectivity index (χ1n) is 5.54. The van der Waals surface area contributed by atoms with Gasteiger partial charge in [-0.15, -0.1) is 0 Å². The molecule has 5 heteroatoms. The number of benzene rings is 2. The van der Waals surface area contributed by atoms with Crippen LogP contribution in [0.5, 0.6) is 0 Å². The van der Waals surface area contributed by atoms with Crippen LogP contribution in [0.3, 0.4) is 0 Å². The lowest BCUT2D eigenvalue weighted by Crippen LogP contribution is -2.23. The van der Waals surface area contributed by atoms with Crippen LogP contribution in [0.1, 0.15) is 15.9 Å². The molecule has 0 saturated heterocycles. The van der Waals surface area contributed by atoms with Crippen molar-refractivity contribution in [1.82, 2.24) is 5.32 Å². The summed E-state index contributed by atoms with van der Waals surface area (Å²) in [6.45, 7) is 0.487. The van der Waals surface area contributed by atoms with Crippen molar-refractivity contribution in [1.29, 1.82) is 0 Å². The highest BCUT2D eigenvalue weighted by Crippen LogP contribution is 2.21. The van der Waals surface area contributed by atoms with E-state index in [1.54, 1.807) is 18.2 Å². The fourth-order valence-electron chi connectivity index (χ4n) is 1.55. The predicted octanol–water partition coefficient (Wildman–Crippen LogP) is 4.80. The lowest BCUT2D eigenvalue weighted by Gasteiger charge is -2.07. The number of carbonyl (C=O) groups excluding carboxylic acids is 1. The molecule has 1 amide bonds. The van der Waals surface area contributed by atoms with Gasteiger partial charge in [-0.05, 0) is 51.8 Å². The molecular weight excluding hydrogens is 393 g/mol. The average Bonchev–Trinajstić information content (AvgIpc) is 2.37. The monoisotopic (exact) mass is 401 g/mol. The molecule has 0 fully saturated rings. The number of carbonyl (C=O) groups is 1. The number of halogens is 3. The van der Waals surface area contributed by atoms with Gasteiger partial charge >= 0.3 is 0 Å². The van der Waals surface area contributed by atoms with Crippen LogP contribution >= 0.6 is 43.5 Å². The Morgan fingerprint density at radius 2 is 1.79 bits per heavy atom. The molecule has 2 rings (SSSR count). The van der Waals surface area contributed by atoms with Gasteiger partial charge in [0.1, 0.15) is 0 Å². The zero-order valence-electron chi connectivity index (χ0n) is 9.79. The van der Waals surface area contributed by atoms with E-state index in [4.69, 9.17) is 11.6 Å². The van der Waals surface area contributed by atoms with E-state index in [9.17, 15) is 4.79 Å². The zero-order valence-corrected chi connectivity index (χ0v) is 13.7. The molecule has 0 heterocycles. The highest BCUT2D eigenvalue weighted by atomic mass is 79.9. The summed E-state index contributed by atoms with van der Waals surface area (Å²) in [4.78, 5) is 12.0. The van der Waals surface area contributed by atoms with Crippen LogP contribution in [0.15, 0.2) is 51.4 Å². The molecule has 2 aromatic rings. The minimum Gasteiger partial charge on any atom is -0.348 e. The standard InChI is InChI=1S/C14H10Br2ClNO/c15-10-3-1-9(2-4-10)8-18-14(19)12-6-5-11(17)7-13(12)16/h1-7H,8H2,(H,18,19). The van der Waals surface area contributed by atoms with Gasteiger partial charge < -0.3 is 5.32 Å². The lowest BCUT2D eigenvalue weighted by molar-refractivity contribution is 0.0950. The van der Waals surface area contributed by atoms with Crippen molar-refractivity contribution in [3.05, 3.63) is 67.6 Å². The Hall–Kier alpha value is -0.840. The molecule has 1 N–H and O–H groups in total. The summed E-state index contributed by atoms with van der Waals surface area (Å²) in [6, 6.07) is 12.9. The van der Waals surface area contributed by atoms with E-state index < -0.39 is 0 Å². The second-order valence-corrected chi connectivity index (χ2v) is 6.14. The number of hydrogen-bond acceptors (Lipinski definition) is 1. The fraction of sp³-hybridized carbons (Fsp3) is 0.0714. The molecule has 0 aliphatic heterocycles. The molecule has 0 aliphatic carbocycles. The molecule has 19 heavy (non-hydrogen) atoms. The van der Waals surface area contributed by atoms with Gasteiger partial charge in [0.25, 0.3) is 5.91 Å². The molecule has 0 aromatic heterocycles. The third kappa shape index (κ3) is 4.06. The van der Waals surface area contributed by atoms with E-state index in [0.29, 0.717) is 21.6 Å². The van der Waals surface area contributed by atoms with E-state index in [2.05, 4.69) is 37.2 Å². The van der Waals surface area contributed by atoms with Gasteiger partial charge in [-0.2, -0.15) is 0 Å². The molecule has 0 saturated carbocycles. The summed E-state index contributed by atoms with van der Waals surface area (Å²) in [5.41, 5.74) is 1.61. The normalized spacial score (nSPS) is 10.3. The van der Waals surface area contributed by atoms with E-state index in [1.807, 2.05) is 24.3 Å². The smallest absolute Gasteiger partial charge is 0.252 e. The first-order valence-corrected chi connectivity index (χ1v) is 7.50. The van der Waals surface area contributed by atoms with Crippen LogP contribution in [0.2, 0.25) is 5.02 Å². The molecule has 0 radical (unpaired) electrons. The predicted molar refractivity (Wildman–Crippen MR) is 84.5 cm³/mol. The molecule has 0 atom stereocenters. The molecule has 2 aromatic carbocycles. The molecule has 0 bridgehead atoms. The van der Waals surface area contributed by atoms with Gasteiger partial charge in [0, 0.05) is 20.5 Å². The Balaban J connectivity index is 2.03. The maximum absolute atomic E-state index is 12.0. The second kappa shape index (κ2) is 6.55. The van der Waals surface area contributed by atoms with Crippen molar-refractivity contribution in [2.24, 2.45) is 0 Å². The highest BCUT2D eigenvalue weighted by molar-refractivity contribution is 9.10. The van der Waals surface area contributed by atoms with Crippen molar-refractivity contribution in [2.45, 2.75) is 6.54 Å². The molecule has 2 nitrogen and oxygen atoms in total. The molecule has 0 spiro atoms. The SMILES string of the molecule is O=C(NCc1ccc(Br)cc1)c1ccc(Cl)cc1Br. The third-order valence-corrected chi connectivity index (χ3v) is 3.96. The largest absolute Gasteiger partial charge is 0.348 e. The number of nitrogens with one attached hydrogen (secondary N) is 1. The van der Waals surface area contributed by atoms with Crippen LogP contribution < -0.4 is 5.32 Å². The summed E-state index contributed by atoms with van der Waals surface area (Å²) in [7, 11) is 0. The van der Waals surface area contributed by atoms with Gasteiger partial charge in [-0.25, -0.2) is 0 Å². The maximum Gasteiger partial charge on any atom is 0.252 e. The Morgan fingerprint density at radius 3 is 2.42 bits per heavy atom. The minimum absolute atomic E-state index is 0.133. The van der Waals surface area contributed by atoms with Gasteiger partial charge in [0.2, 0.25) is 0 Å². The number of hydrogen-bond donors (Lipinski definition) is 1. The van der Waals surface area contributed by atoms with Gasteiger partial charge in [0.15, 0.2) is 0 Å². The Labute approximate surface area is 133 Å². The first-order chi connectivity index (χ1) is 9.06. The summed E-state index contributed by atoms with van der Waals surface area (Å²) in [5.74, 6) is -0.133. The first kappa shape index (κ1) is 14.6. The van der Waals surface area contributed by atoms with Crippen LogP contribution in [-0.2, 0) is 6.54 Å². The second-order valence-electron chi connectivity index (χ2n) is 3.93. The highest BCUT2D eigenvalue weighted by Gasteiger charge is 2.09. The van der Waals surface area contributed by atoms with Gasteiger partial charge in [-0.3, -0.25) is 4.79 Å². The number of amides is 1. The Morgan fingerprint density at radius 1 is 1.11 bits per heavy atom.